The Morgan fingerprint density at radius 3 is 1.68 bits per heavy atom. The van der Waals surface area contributed by atoms with Crippen molar-refractivity contribution in [1.82, 2.24) is 0 Å². The molecule has 184 valence electrons. The second kappa shape index (κ2) is 10.5. The van der Waals surface area contributed by atoms with Gasteiger partial charge in [-0.05, 0) is 110 Å². The summed E-state index contributed by atoms with van der Waals surface area (Å²) in [5.41, 5.74) is 27.2. The molecule has 10 unspecified atom stereocenters. The summed E-state index contributed by atoms with van der Waals surface area (Å²) in [5, 5.41) is 0. The van der Waals surface area contributed by atoms with Gasteiger partial charge < -0.3 is 22.9 Å². The summed E-state index contributed by atoms with van der Waals surface area (Å²) in [4.78, 5) is 0. The van der Waals surface area contributed by atoms with Crippen LogP contribution in [0.3, 0.4) is 0 Å². The molecule has 4 fully saturated rings. The van der Waals surface area contributed by atoms with E-state index in [9.17, 15) is 0 Å². The Balaban J connectivity index is 0.000000142. The molecule has 0 aliphatic heterocycles. The lowest BCUT2D eigenvalue weighted by atomic mass is 9.75. The number of fused-ring (bicyclic) bond motifs is 4. The first-order valence-corrected chi connectivity index (χ1v) is 13.6. The molecule has 6 rings (SSSR count). The molecular formula is C30H44N4. The quantitative estimate of drug-likeness (QED) is 0.505. The van der Waals surface area contributed by atoms with E-state index in [1.165, 1.54) is 49.7 Å². The second-order valence-electron chi connectivity index (χ2n) is 11.7. The summed E-state index contributed by atoms with van der Waals surface area (Å²) < 4.78 is 0. The van der Waals surface area contributed by atoms with Crippen molar-refractivity contribution in [1.29, 1.82) is 0 Å². The van der Waals surface area contributed by atoms with Gasteiger partial charge in [-0.25, -0.2) is 0 Å². The topological polar surface area (TPSA) is 104 Å². The lowest BCUT2D eigenvalue weighted by Gasteiger charge is -2.33. The van der Waals surface area contributed by atoms with Crippen molar-refractivity contribution in [2.24, 2.45) is 70.3 Å². The lowest BCUT2D eigenvalue weighted by Crippen LogP contribution is -2.33. The highest BCUT2D eigenvalue weighted by Crippen LogP contribution is 2.55. The molecule has 4 aliphatic rings. The SMILES string of the molecule is NCC1CC2CC1C(C(N)c1ccccc1)C2.NCC1CC2CC1CC2C(N)c1ccccc1. The van der Waals surface area contributed by atoms with Crippen LogP contribution >= 0.6 is 0 Å². The fourth-order valence-electron chi connectivity index (χ4n) is 8.25. The molecule has 34 heavy (non-hydrogen) atoms. The maximum Gasteiger partial charge on any atom is 0.0326 e. The molecular weight excluding hydrogens is 416 g/mol. The first kappa shape index (κ1) is 24.0. The van der Waals surface area contributed by atoms with Crippen LogP contribution < -0.4 is 22.9 Å². The van der Waals surface area contributed by atoms with Crippen molar-refractivity contribution in [3.63, 3.8) is 0 Å². The summed E-state index contributed by atoms with van der Waals surface area (Å²) in [7, 11) is 0. The molecule has 0 aromatic heterocycles. The maximum atomic E-state index is 6.46. The van der Waals surface area contributed by atoms with Gasteiger partial charge in [-0.3, -0.25) is 0 Å². The van der Waals surface area contributed by atoms with Gasteiger partial charge in [0.1, 0.15) is 0 Å². The van der Waals surface area contributed by atoms with Crippen LogP contribution in [0.5, 0.6) is 0 Å². The maximum absolute atomic E-state index is 6.46. The normalized spacial score (nSPS) is 37.3. The summed E-state index contributed by atoms with van der Waals surface area (Å²) in [6.07, 6.45) is 8.01. The van der Waals surface area contributed by atoms with Crippen molar-refractivity contribution in [2.75, 3.05) is 13.1 Å². The van der Waals surface area contributed by atoms with E-state index in [0.29, 0.717) is 11.8 Å². The zero-order valence-corrected chi connectivity index (χ0v) is 20.5. The van der Waals surface area contributed by atoms with Crippen LogP contribution in [0.2, 0.25) is 0 Å². The Morgan fingerprint density at radius 1 is 0.588 bits per heavy atom. The van der Waals surface area contributed by atoms with Crippen LogP contribution in [-0.2, 0) is 0 Å². The molecule has 8 N–H and O–H groups in total. The van der Waals surface area contributed by atoms with Crippen LogP contribution in [0.4, 0.5) is 0 Å². The van der Waals surface area contributed by atoms with Crippen LogP contribution in [0.15, 0.2) is 60.7 Å². The number of hydrogen-bond acceptors (Lipinski definition) is 4. The van der Waals surface area contributed by atoms with Crippen LogP contribution in [0.1, 0.15) is 61.7 Å². The second-order valence-corrected chi connectivity index (χ2v) is 11.7. The fourth-order valence-corrected chi connectivity index (χ4v) is 8.25. The van der Waals surface area contributed by atoms with Crippen LogP contribution in [0, 0.1) is 47.3 Å². The minimum absolute atomic E-state index is 0.209. The van der Waals surface area contributed by atoms with Gasteiger partial charge >= 0.3 is 0 Å². The summed E-state index contributed by atoms with van der Waals surface area (Å²) in [6, 6.07) is 21.5. The molecule has 10 atom stereocenters. The average Bonchev–Trinajstić information content (AvgIpc) is 3.69. The van der Waals surface area contributed by atoms with Gasteiger partial charge in [-0.2, -0.15) is 0 Å². The summed E-state index contributed by atoms with van der Waals surface area (Å²) in [5.74, 6) is 6.20. The largest absolute Gasteiger partial charge is 0.330 e. The van der Waals surface area contributed by atoms with Crippen LogP contribution in [-0.4, -0.2) is 13.1 Å². The predicted octanol–water partition coefficient (Wildman–Crippen LogP) is 4.61. The molecule has 4 aliphatic carbocycles. The minimum atomic E-state index is 0.209. The van der Waals surface area contributed by atoms with Gasteiger partial charge in [0, 0.05) is 12.1 Å². The Hall–Kier alpha value is -1.72. The third kappa shape index (κ3) is 4.70. The van der Waals surface area contributed by atoms with Crippen molar-refractivity contribution in [3.05, 3.63) is 71.8 Å². The molecule has 4 bridgehead atoms. The van der Waals surface area contributed by atoms with Crippen molar-refractivity contribution in [3.8, 4) is 0 Å². The Kier molecular flexibility index (Phi) is 7.41. The molecule has 2 aromatic rings. The van der Waals surface area contributed by atoms with E-state index >= 15 is 0 Å². The zero-order valence-electron chi connectivity index (χ0n) is 20.5. The van der Waals surface area contributed by atoms with Gasteiger partial charge in [0.15, 0.2) is 0 Å². The average molecular weight is 461 g/mol. The third-order valence-electron chi connectivity index (χ3n) is 9.96. The predicted molar refractivity (Wildman–Crippen MR) is 140 cm³/mol. The smallest absolute Gasteiger partial charge is 0.0326 e. The summed E-state index contributed by atoms with van der Waals surface area (Å²) in [6.45, 7) is 1.72. The summed E-state index contributed by atoms with van der Waals surface area (Å²) >= 11 is 0. The molecule has 4 nitrogen and oxygen atoms in total. The highest BCUT2D eigenvalue weighted by atomic mass is 14.7. The highest BCUT2D eigenvalue weighted by molar-refractivity contribution is 5.21. The van der Waals surface area contributed by atoms with Crippen molar-refractivity contribution < 1.29 is 0 Å². The number of nitrogens with two attached hydrogens (primary N) is 4. The van der Waals surface area contributed by atoms with Gasteiger partial charge in [0.25, 0.3) is 0 Å². The van der Waals surface area contributed by atoms with E-state index < -0.39 is 0 Å². The Labute approximate surface area is 205 Å². The molecule has 0 radical (unpaired) electrons. The van der Waals surface area contributed by atoms with Gasteiger partial charge in [0.05, 0.1) is 0 Å². The zero-order chi connectivity index (χ0) is 23.7. The standard InChI is InChI=1S/2C15H22N2/c16-9-12-6-10-7-13(12)14(8-10)15(17)11-4-2-1-3-5-11;16-9-13-7-12-6-11(13)8-14(12)15(17)10-4-2-1-3-5-10/h1-5,10,12-15H,6-9,16-17H2;1-5,11-15H,6-9,16-17H2. The van der Waals surface area contributed by atoms with Crippen LogP contribution in [0.25, 0.3) is 0 Å². The van der Waals surface area contributed by atoms with E-state index in [-0.39, 0.29) is 12.1 Å². The van der Waals surface area contributed by atoms with E-state index in [1.54, 1.807) is 0 Å². The molecule has 2 aromatic carbocycles. The number of rotatable bonds is 6. The molecule has 0 amide bonds. The Morgan fingerprint density at radius 2 is 1.18 bits per heavy atom. The number of hydrogen-bond donors (Lipinski definition) is 4. The van der Waals surface area contributed by atoms with Crippen molar-refractivity contribution in [2.45, 2.75) is 50.6 Å². The Bertz CT molecular complexity index is 903. The molecule has 0 saturated heterocycles. The highest BCUT2D eigenvalue weighted by Gasteiger charge is 2.48. The van der Waals surface area contributed by atoms with Gasteiger partial charge in [-0.1, -0.05) is 60.7 Å². The molecule has 4 saturated carbocycles. The monoisotopic (exact) mass is 460 g/mol. The molecule has 4 heteroatoms. The number of benzene rings is 2. The fraction of sp³-hybridized carbons (Fsp3) is 0.600. The van der Waals surface area contributed by atoms with E-state index in [2.05, 4.69) is 60.7 Å². The van der Waals surface area contributed by atoms with Crippen molar-refractivity contribution >= 4 is 0 Å². The first-order valence-electron chi connectivity index (χ1n) is 13.6. The van der Waals surface area contributed by atoms with E-state index in [0.717, 1.165) is 48.6 Å². The van der Waals surface area contributed by atoms with E-state index in [4.69, 9.17) is 22.9 Å². The third-order valence-corrected chi connectivity index (χ3v) is 9.96. The molecule has 0 spiro atoms. The van der Waals surface area contributed by atoms with E-state index in [1.807, 2.05) is 0 Å². The lowest BCUT2D eigenvalue weighted by molar-refractivity contribution is 0.212. The molecule has 0 heterocycles. The van der Waals surface area contributed by atoms with Gasteiger partial charge in [-0.15, -0.1) is 0 Å². The first-order chi connectivity index (χ1) is 16.6. The van der Waals surface area contributed by atoms with Gasteiger partial charge in [0.2, 0.25) is 0 Å². The minimum Gasteiger partial charge on any atom is -0.330 e.